The van der Waals surface area contributed by atoms with E-state index in [-0.39, 0.29) is 0 Å². The highest BCUT2D eigenvalue weighted by atomic mass is 14.7. The average molecular weight is 257 g/mol. The van der Waals surface area contributed by atoms with Gasteiger partial charge >= 0.3 is 0 Å². The lowest BCUT2D eigenvalue weighted by Gasteiger charge is -2.17. The lowest BCUT2D eigenvalue weighted by atomic mass is 9.87. The van der Waals surface area contributed by atoms with Crippen LogP contribution in [0, 0.1) is 41.5 Å². The Kier molecular flexibility index (Phi) is 5.13. The van der Waals surface area contributed by atoms with Gasteiger partial charge in [-0.1, -0.05) is 12.1 Å². The van der Waals surface area contributed by atoms with Crippen molar-refractivity contribution in [3.63, 3.8) is 0 Å². The third-order valence-electron chi connectivity index (χ3n) is 4.06. The Labute approximate surface area is 118 Å². The average Bonchev–Trinajstić information content (AvgIpc) is 2.37. The molecule has 0 saturated carbocycles. The van der Waals surface area contributed by atoms with Gasteiger partial charge in [0.1, 0.15) is 0 Å². The van der Waals surface area contributed by atoms with E-state index in [4.69, 9.17) is 0 Å². The summed E-state index contributed by atoms with van der Waals surface area (Å²) in [6, 6.07) is 4.47. The summed E-state index contributed by atoms with van der Waals surface area (Å²) in [5, 5.41) is 5.67. The molecule has 1 N–H and O–H groups in total. The quantitative estimate of drug-likeness (QED) is 0.731. The highest BCUT2D eigenvalue weighted by molar-refractivity contribution is 5.95. The summed E-state index contributed by atoms with van der Waals surface area (Å²) in [6.07, 6.45) is 0. The van der Waals surface area contributed by atoms with Crippen LogP contribution in [0.25, 0.3) is 10.8 Å². The van der Waals surface area contributed by atoms with E-state index in [1.54, 1.807) is 0 Å². The molecular formula is C18H27N. The largest absolute Gasteiger partial charge is 0.323 e. The van der Waals surface area contributed by atoms with Gasteiger partial charge in [-0.2, -0.15) is 0 Å². The van der Waals surface area contributed by atoms with Crippen LogP contribution in [0.4, 0.5) is 0 Å². The first-order valence-electron chi connectivity index (χ1n) is 6.91. The van der Waals surface area contributed by atoms with Crippen molar-refractivity contribution in [2.24, 2.45) is 0 Å². The first-order valence-corrected chi connectivity index (χ1v) is 6.91. The van der Waals surface area contributed by atoms with Gasteiger partial charge < -0.3 is 5.32 Å². The second-order valence-corrected chi connectivity index (χ2v) is 5.45. The molecule has 1 heteroatoms. The maximum atomic E-state index is 2.75. The van der Waals surface area contributed by atoms with Crippen LogP contribution >= 0.6 is 0 Å². The number of hydrogen-bond donors (Lipinski definition) is 1. The summed E-state index contributed by atoms with van der Waals surface area (Å²) in [5.41, 5.74) is 8.56. The van der Waals surface area contributed by atoms with Crippen molar-refractivity contribution < 1.29 is 0 Å². The Bertz CT molecular complexity index is 542. The highest BCUT2D eigenvalue weighted by Crippen LogP contribution is 2.33. The summed E-state index contributed by atoms with van der Waals surface area (Å²) in [7, 11) is 3.75. The van der Waals surface area contributed by atoms with E-state index < -0.39 is 0 Å². The predicted molar refractivity (Wildman–Crippen MR) is 87.4 cm³/mol. The molecule has 0 unspecified atom stereocenters. The molecule has 0 radical (unpaired) electrons. The summed E-state index contributed by atoms with van der Waals surface area (Å²) in [6.45, 7) is 13.4. The van der Waals surface area contributed by atoms with Crippen molar-refractivity contribution >= 4 is 10.8 Å². The van der Waals surface area contributed by atoms with Gasteiger partial charge in [0.05, 0.1) is 0 Å². The smallest absolute Gasteiger partial charge is 0.0117 e. The zero-order valence-corrected chi connectivity index (χ0v) is 13.7. The fourth-order valence-electron chi connectivity index (χ4n) is 2.72. The minimum absolute atomic E-state index is 1.39. The van der Waals surface area contributed by atoms with Crippen molar-refractivity contribution in [1.29, 1.82) is 0 Å². The third-order valence-corrected chi connectivity index (χ3v) is 4.06. The number of fused-ring (bicyclic) bond motifs is 1. The van der Waals surface area contributed by atoms with Crippen LogP contribution in [0.5, 0.6) is 0 Å². The van der Waals surface area contributed by atoms with Gasteiger partial charge in [0.2, 0.25) is 0 Å². The Morgan fingerprint density at radius 1 is 0.579 bits per heavy atom. The van der Waals surface area contributed by atoms with Gasteiger partial charge in [-0.05, 0) is 99.8 Å². The number of nitrogens with one attached hydrogen (secondary N) is 1. The van der Waals surface area contributed by atoms with E-state index in [1.165, 1.54) is 44.2 Å². The van der Waals surface area contributed by atoms with E-state index in [1.807, 2.05) is 14.1 Å². The van der Waals surface area contributed by atoms with E-state index in [2.05, 4.69) is 59.0 Å². The number of aryl methyl sites for hydroxylation is 4. The Balaban J connectivity index is 0.000000550. The maximum Gasteiger partial charge on any atom is -0.0117 e. The second-order valence-electron chi connectivity index (χ2n) is 5.45. The third kappa shape index (κ3) is 2.82. The number of benzene rings is 2. The molecule has 2 aromatic rings. The van der Waals surface area contributed by atoms with E-state index in [0.717, 1.165) is 0 Å². The molecule has 0 aliphatic carbocycles. The minimum Gasteiger partial charge on any atom is -0.323 e. The molecule has 0 amide bonds. The molecule has 0 bridgehead atoms. The van der Waals surface area contributed by atoms with Gasteiger partial charge in [0, 0.05) is 0 Å². The standard InChI is InChI=1S/C16H20.C2H7N/c1-9-7-8-10(2)16-14(6)12(4)11(3)13(5)15(9)16;1-3-2/h7-8H,1-6H3;3H,1-2H3. The molecule has 2 rings (SSSR count). The first-order chi connectivity index (χ1) is 8.86. The van der Waals surface area contributed by atoms with Gasteiger partial charge in [-0.25, -0.2) is 0 Å². The molecule has 0 aliphatic heterocycles. The van der Waals surface area contributed by atoms with Crippen LogP contribution in [-0.4, -0.2) is 14.1 Å². The van der Waals surface area contributed by atoms with Crippen LogP contribution < -0.4 is 5.32 Å². The molecule has 0 fully saturated rings. The maximum absolute atomic E-state index is 2.75. The van der Waals surface area contributed by atoms with Crippen molar-refractivity contribution in [3.8, 4) is 0 Å². The lowest BCUT2D eigenvalue weighted by molar-refractivity contribution is 1.02. The lowest BCUT2D eigenvalue weighted by Crippen LogP contribution is -1.97. The fourth-order valence-corrected chi connectivity index (χ4v) is 2.72. The van der Waals surface area contributed by atoms with Crippen molar-refractivity contribution in [3.05, 3.63) is 45.5 Å². The topological polar surface area (TPSA) is 12.0 Å². The predicted octanol–water partition coefficient (Wildman–Crippen LogP) is 4.53. The molecule has 19 heavy (non-hydrogen) atoms. The molecule has 0 aromatic heterocycles. The van der Waals surface area contributed by atoms with Gasteiger partial charge in [-0.3, -0.25) is 0 Å². The fraction of sp³-hybridized carbons (Fsp3) is 0.444. The number of hydrogen-bond acceptors (Lipinski definition) is 1. The van der Waals surface area contributed by atoms with Crippen molar-refractivity contribution in [2.45, 2.75) is 41.5 Å². The van der Waals surface area contributed by atoms with Crippen molar-refractivity contribution in [2.75, 3.05) is 14.1 Å². The number of rotatable bonds is 0. The van der Waals surface area contributed by atoms with Crippen LogP contribution in [0.2, 0.25) is 0 Å². The molecule has 2 aromatic carbocycles. The molecule has 1 nitrogen and oxygen atoms in total. The van der Waals surface area contributed by atoms with E-state index >= 15 is 0 Å². The zero-order valence-electron chi connectivity index (χ0n) is 13.7. The SMILES string of the molecule is CNC.Cc1c(C)c(C)c2c(C)ccc(C)c2c1C. The van der Waals surface area contributed by atoms with Gasteiger partial charge in [0.15, 0.2) is 0 Å². The summed E-state index contributed by atoms with van der Waals surface area (Å²) >= 11 is 0. The van der Waals surface area contributed by atoms with Gasteiger partial charge in [0.25, 0.3) is 0 Å². The zero-order chi connectivity index (χ0) is 14.7. The Hall–Kier alpha value is -1.34. The Morgan fingerprint density at radius 2 is 0.842 bits per heavy atom. The summed E-state index contributed by atoms with van der Waals surface area (Å²) < 4.78 is 0. The summed E-state index contributed by atoms with van der Waals surface area (Å²) in [4.78, 5) is 0. The monoisotopic (exact) mass is 257 g/mol. The highest BCUT2D eigenvalue weighted by Gasteiger charge is 2.11. The summed E-state index contributed by atoms with van der Waals surface area (Å²) in [5.74, 6) is 0. The van der Waals surface area contributed by atoms with E-state index in [9.17, 15) is 0 Å². The van der Waals surface area contributed by atoms with E-state index in [0.29, 0.717) is 0 Å². The first kappa shape index (κ1) is 15.7. The minimum atomic E-state index is 1.39. The molecule has 0 atom stereocenters. The van der Waals surface area contributed by atoms with Crippen LogP contribution in [-0.2, 0) is 0 Å². The van der Waals surface area contributed by atoms with Crippen LogP contribution in [0.15, 0.2) is 12.1 Å². The van der Waals surface area contributed by atoms with Crippen molar-refractivity contribution in [1.82, 2.24) is 5.32 Å². The molecule has 104 valence electrons. The van der Waals surface area contributed by atoms with Gasteiger partial charge in [-0.15, -0.1) is 0 Å². The second kappa shape index (κ2) is 6.21. The molecule has 0 spiro atoms. The molecule has 0 saturated heterocycles. The Morgan fingerprint density at radius 3 is 1.11 bits per heavy atom. The van der Waals surface area contributed by atoms with Crippen LogP contribution in [0.1, 0.15) is 33.4 Å². The normalized spacial score (nSPS) is 10.3. The molecule has 0 aliphatic rings. The molecular weight excluding hydrogens is 230 g/mol. The molecule has 0 heterocycles. The van der Waals surface area contributed by atoms with Crippen LogP contribution in [0.3, 0.4) is 0 Å².